The Kier molecular flexibility index (Phi) is 5.94. The summed E-state index contributed by atoms with van der Waals surface area (Å²) in [5.41, 5.74) is 1.53. The summed E-state index contributed by atoms with van der Waals surface area (Å²) >= 11 is 0. The van der Waals surface area contributed by atoms with Gasteiger partial charge in [-0.1, -0.05) is 36.8 Å². The highest BCUT2D eigenvalue weighted by molar-refractivity contribution is 5.86. The van der Waals surface area contributed by atoms with Gasteiger partial charge in [-0.3, -0.25) is 9.79 Å². The number of nitrogens with one attached hydrogen (secondary N) is 3. The molecule has 1 aromatic carbocycles. The Morgan fingerprint density at radius 2 is 1.92 bits per heavy atom. The van der Waals surface area contributed by atoms with Crippen LogP contribution in [0.2, 0.25) is 0 Å². The average Bonchev–Trinajstić information content (AvgIpc) is 3.16. The molecule has 6 heteroatoms. The van der Waals surface area contributed by atoms with Crippen LogP contribution in [0, 0.1) is 0 Å². The van der Waals surface area contributed by atoms with Crippen molar-refractivity contribution < 1.29 is 9.21 Å². The largest absolute Gasteiger partial charge is 0.467 e. The first-order valence-corrected chi connectivity index (χ1v) is 9.01. The van der Waals surface area contributed by atoms with Crippen LogP contribution in [0.1, 0.15) is 30.6 Å². The maximum absolute atomic E-state index is 12.0. The molecule has 0 radical (unpaired) electrons. The van der Waals surface area contributed by atoms with Crippen LogP contribution >= 0.6 is 0 Å². The van der Waals surface area contributed by atoms with E-state index >= 15 is 0 Å². The Morgan fingerprint density at radius 3 is 2.54 bits per heavy atom. The first-order valence-electron chi connectivity index (χ1n) is 9.01. The molecule has 0 spiro atoms. The van der Waals surface area contributed by atoms with Gasteiger partial charge in [-0.15, -0.1) is 0 Å². The van der Waals surface area contributed by atoms with E-state index in [1.807, 2.05) is 12.1 Å². The van der Waals surface area contributed by atoms with Gasteiger partial charge in [0, 0.05) is 19.0 Å². The van der Waals surface area contributed by atoms with E-state index in [0.29, 0.717) is 12.5 Å². The molecule has 0 bridgehead atoms. The van der Waals surface area contributed by atoms with Gasteiger partial charge in [0.2, 0.25) is 5.91 Å². The molecule has 3 N–H and O–H groups in total. The average molecular weight is 354 g/mol. The predicted octanol–water partition coefficient (Wildman–Crippen LogP) is 2.18. The monoisotopic (exact) mass is 354 g/mol. The van der Waals surface area contributed by atoms with Crippen molar-refractivity contribution in [2.24, 2.45) is 4.99 Å². The van der Waals surface area contributed by atoms with E-state index in [1.165, 1.54) is 24.8 Å². The SMILES string of the molecule is CN=C(NCC(=O)NCc1ccco1)NCC1(c2ccccc2)CCC1. The second-order valence-electron chi connectivity index (χ2n) is 6.64. The summed E-state index contributed by atoms with van der Waals surface area (Å²) in [6.45, 7) is 1.36. The van der Waals surface area contributed by atoms with Gasteiger partial charge in [-0.25, -0.2) is 0 Å². The Bertz CT molecular complexity index is 722. The third-order valence-electron chi connectivity index (χ3n) is 4.97. The number of hydrogen-bond donors (Lipinski definition) is 3. The topological polar surface area (TPSA) is 78.7 Å². The van der Waals surface area contributed by atoms with Crippen molar-refractivity contribution in [1.82, 2.24) is 16.0 Å². The van der Waals surface area contributed by atoms with Gasteiger partial charge in [0.1, 0.15) is 5.76 Å². The predicted molar refractivity (Wildman–Crippen MR) is 102 cm³/mol. The molecule has 1 aliphatic rings. The third-order valence-corrected chi connectivity index (χ3v) is 4.97. The van der Waals surface area contributed by atoms with Crippen molar-refractivity contribution in [3.05, 3.63) is 60.1 Å². The molecule has 1 aliphatic carbocycles. The van der Waals surface area contributed by atoms with E-state index in [2.05, 4.69) is 45.2 Å². The normalized spacial score (nSPS) is 15.8. The Morgan fingerprint density at radius 1 is 1.12 bits per heavy atom. The number of guanidine groups is 1. The van der Waals surface area contributed by atoms with Crippen molar-refractivity contribution in [3.8, 4) is 0 Å². The molecular formula is C20H26N4O2. The second-order valence-corrected chi connectivity index (χ2v) is 6.64. The number of carbonyl (C=O) groups excluding carboxylic acids is 1. The highest BCUT2D eigenvalue weighted by atomic mass is 16.3. The van der Waals surface area contributed by atoms with Gasteiger partial charge in [0.15, 0.2) is 5.96 Å². The zero-order valence-electron chi connectivity index (χ0n) is 15.1. The van der Waals surface area contributed by atoms with Gasteiger partial charge in [-0.05, 0) is 30.5 Å². The lowest BCUT2D eigenvalue weighted by molar-refractivity contribution is -0.120. The second kappa shape index (κ2) is 8.56. The van der Waals surface area contributed by atoms with E-state index < -0.39 is 0 Å². The molecule has 1 saturated carbocycles. The van der Waals surface area contributed by atoms with E-state index in [1.54, 1.807) is 19.4 Å². The van der Waals surface area contributed by atoms with Crippen molar-refractivity contribution in [2.45, 2.75) is 31.2 Å². The van der Waals surface area contributed by atoms with Crippen molar-refractivity contribution >= 4 is 11.9 Å². The van der Waals surface area contributed by atoms with Crippen LogP contribution in [0.3, 0.4) is 0 Å². The maximum Gasteiger partial charge on any atom is 0.239 e. The van der Waals surface area contributed by atoms with Crippen LogP contribution in [0.4, 0.5) is 0 Å². The lowest BCUT2D eigenvalue weighted by atomic mass is 9.64. The smallest absolute Gasteiger partial charge is 0.239 e. The molecule has 0 unspecified atom stereocenters. The maximum atomic E-state index is 12.0. The van der Waals surface area contributed by atoms with Crippen molar-refractivity contribution in [1.29, 1.82) is 0 Å². The molecular weight excluding hydrogens is 328 g/mol. The summed E-state index contributed by atoms with van der Waals surface area (Å²) in [7, 11) is 1.71. The molecule has 26 heavy (non-hydrogen) atoms. The molecule has 3 rings (SSSR count). The van der Waals surface area contributed by atoms with Gasteiger partial charge in [-0.2, -0.15) is 0 Å². The molecule has 6 nitrogen and oxygen atoms in total. The van der Waals surface area contributed by atoms with Gasteiger partial charge in [0.05, 0.1) is 19.4 Å². The fourth-order valence-electron chi connectivity index (χ4n) is 3.26. The standard InChI is InChI=1S/C20H26N4O2/c1-21-19(23-14-18(25)22-13-17-9-5-12-26-17)24-15-20(10-6-11-20)16-7-3-2-4-8-16/h2-5,7-9,12H,6,10-11,13-15H2,1H3,(H,22,25)(H2,21,23,24). The number of amides is 1. The zero-order valence-corrected chi connectivity index (χ0v) is 15.1. The summed E-state index contributed by atoms with van der Waals surface area (Å²) in [4.78, 5) is 16.2. The van der Waals surface area contributed by atoms with E-state index in [-0.39, 0.29) is 17.9 Å². The number of rotatable bonds is 7. The molecule has 1 aromatic heterocycles. The zero-order chi connectivity index (χ0) is 18.2. The number of carbonyl (C=O) groups is 1. The van der Waals surface area contributed by atoms with Crippen LogP contribution in [-0.4, -0.2) is 32.0 Å². The van der Waals surface area contributed by atoms with Crippen LogP contribution < -0.4 is 16.0 Å². The van der Waals surface area contributed by atoms with Crippen LogP contribution in [0.5, 0.6) is 0 Å². The van der Waals surface area contributed by atoms with Crippen molar-refractivity contribution in [3.63, 3.8) is 0 Å². The number of furan rings is 1. The van der Waals surface area contributed by atoms with Gasteiger partial charge in [0.25, 0.3) is 0 Å². The van der Waals surface area contributed by atoms with Crippen LogP contribution in [-0.2, 0) is 16.8 Å². The summed E-state index contributed by atoms with van der Waals surface area (Å²) in [5.74, 6) is 1.27. The minimum Gasteiger partial charge on any atom is -0.467 e. The molecule has 1 fully saturated rings. The number of aliphatic imine (C=N–C) groups is 1. The lowest BCUT2D eigenvalue weighted by Gasteiger charge is -2.43. The quantitative estimate of drug-likeness (QED) is 0.526. The van der Waals surface area contributed by atoms with Gasteiger partial charge < -0.3 is 20.4 Å². The Hall–Kier alpha value is -2.76. The minimum atomic E-state index is -0.106. The fraction of sp³-hybridized carbons (Fsp3) is 0.400. The molecule has 2 aromatic rings. The Balaban J connectivity index is 1.45. The molecule has 138 valence electrons. The Labute approximate surface area is 154 Å². The first kappa shape index (κ1) is 18.0. The summed E-state index contributed by atoms with van der Waals surface area (Å²) < 4.78 is 5.20. The van der Waals surface area contributed by atoms with Gasteiger partial charge >= 0.3 is 0 Å². The van der Waals surface area contributed by atoms with E-state index in [9.17, 15) is 4.79 Å². The molecule has 0 atom stereocenters. The lowest BCUT2D eigenvalue weighted by Crippen LogP contribution is -2.50. The van der Waals surface area contributed by atoms with Crippen LogP contribution in [0.25, 0.3) is 0 Å². The summed E-state index contributed by atoms with van der Waals surface area (Å²) in [5, 5.41) is 9.25. The first-order chi connectivity index (χ1) is 12.7. The number of hydrogen-bond acceptors (Lipinski definition) is 3. The summed E-state index contributed by atoms with van der Waals surface area (Å²) in [6.07, 6.45) is 5.18. The van der Waals surface area contributed by atoms with E-state index in [4.69, 9.17) is 4.42 Å². The van der Waals surface area contributed by atoms with E-state index in [0.717, 1.165) is 12.3 Å². The molecule has 0 aliphatic heterocycles. The highest BCUT2D eigenvalue weighted by Crippen LogP contribution is 2.43. The molecule has 1 amide bonds. The minimum absolute atomic E-state index is 0.106. The summed E-state index contributed by atoms with van der Waals surface area (Å²) in [6, 6.07) is 14.2. The third kappa shape index (κ3) is 4.45. The number of benzene rings is 1. The van der Waals surface area contributed by atoms with Crippen LogP contribution in [0.15, 0.2) is 58.1 Å². The fourth-order valence-corrected chi connectivity index (χ4v) is 3.26. The number of nitrogens with zero attached hydrogens (tertiary/aromatic N) is 1. The van der Waals surface area contributed by atoms with Crippen molar-refractivity contribution in [2.75, 3.05) is 20.1 Å². The highest BCUT2D eigenvalue weighted by Gasteiger charge is 2.38. The molecule has 1 heterocycles. The molecule has 0 saturated heterocycles.